The third-order valence-corrected chi connectivity index (χ3v) is 5.41. The number of amides is 1. The van der Waals surface area contributed by atoms with E-state index in [2.05, 4.69) is 20.2 Å². The van der Waals surface area contributed by atoms with Gasteiger partial charge in [0, 0.05) is 44.6 Å². The normalized spacial score (nSPS) is 19.5. The van der Waals surface area contributed by atoms with E-state index in [1.165, 1.54) is 30.4 Å². The van der Waals surface area contributed by atoms with Gasteiger partial charge in [0.15, 0.2) is 5.69 Å². The topological polar surface area (TPSA) is 90.7 Å². The number of piperazine rings is 1. The van der Waals surface area contributed by atoms with Crippen LogP contribution in [0.4, 0.5) is 15.8 Å². The molecule has 1 unspecified atom stereocenters. The van der Waals surface area contributed by atoms with Gasteiger partial charge in [0.1, 0.15) is 11.4 Å². The molecule has 2 aliphatic heterocycles. The molecule has 2 saturated heterocycles. The van der Waals surface area contributed by atoms with Crippen molar-refractivity contribution in [2.75, 3.05) is 36.4 Å². The lowest BCUT2D eigenvalue weighted by atomic mass is 10.1. The number of aromatic carboxylic acids is 1. The van der Waals surface area contributed by atoms with E-state index in [4.69, 9.17) is 0 Å². The van der Waals surface area contributed by atoms with Gasteiger partial charge in [-0.3, -0.25) is 14.4 Å². The maximum atomic E-state index is 14.7. The highest BCUT2D eigenvalue weighted by molar-refractivity contribution is 6.09. The summed E-state index contributed by atoms with van der Waals surface area (Å²) in [6, 6.07) is 5.02. The van der Waals surface area contributed by atoms with Crippen LogP contribution in [0.3, 0.4) is 0 Å². The van der Waals surface area contributed by atoms with Gasteiger partial charge in [-0.15, -0.1) is 0 Å². The van der Waals surface area contributed by atoms with E-state index >= 15 is 0 Å². The van der Waals surface area contributed by atoms with E-state index < -0.39 is 17.7 Å². The second-order valence-corrected chi connectivity index (χ2v) is 7.27. The van der Waals surface area contributed by atoms with Gasteiger partial charge in [-0.05, 0) is 37.6 Å². The van der Waals surface area contributed by atoms with Gasteiger partial charge in [0.05, 0.1) is 5.69 Å². The Hall–Kier alpha value is -2.94. The van der Waals surface area contributed by atoms with Crippen molar-refractivity contribution in [3.05, 3.63) is 41.5 Å². The number of nitrogens with zero attached hydrogens (tertiary/aromatic N) is 4. The van der Waals surface area contributed by atoms with Crippen molar-refractivity contribution < 1.29 is 19.1 Å². The van der Waals surface area contributed by atoms with E-state index in [0.29, 0.717) is 11.7 Å². The molecule has 9 heteroatoms. The summed E-state index contributed by atoms with van der Waals surface area (Å²) in [4.78, 5) is 28.1. The lowest BCUT2D eigenvalue weighted by Crippen LogP contribution is -2.50. The maximum absolute atomic E-state index is 14.7. The summed E-state index contributed by atoms with van der Waals surface area (Å²) in [7, 11) is 1.53. The zero-order chi connectivity index (χ0) is 19.8. The number of hydrogen-bond donors (Lipinski definition) is 2. The Kier molecular flexibility index (Phi) is 4.76. The van der Waals surface area contributed by atoms with Crippen molar-refractivity contribution in [3.63, 3.8) is 0 Å². The van der Waals surface area contributed by atoms with Crippen LogP contribution < -0.4 is 10.2 Å². The molecule has 1 aromatic heterocycles. The Balaban J connectivity index is 1.49. The van der Waals surface area contributed by atoms with Gasteiger partial charge >= 0.3 is 5.97 Å². The number of halogens is 1. The molecule has 3 heterocycles. The van der Waals surface area contributed by atoms with Crippen molar-refractivity contribution in [1.82, 2.24) is 14.7 Å². The minimum absolute atomic E-state index is 0.202. The highest BCUT2D eigenvalue weighted by Gasteiger charge is 2.31. The van der Waals surface area contributed by atoms with Gasteiger partial charge < -0.3 is 15.3 Å². The molecule has 4 rings (SSSR count). The van der Waals surface area contributed by atoms with Crippen LogP contribution in [0.5, 0.6) is 0 Å². The summed E-state index contributed by atoms with van der Waals surface area (Å²) >= 11 is 0. The molecule has 0 saturated carbocycles. The van der Waals surface area contributed by atoms with Crippen molar-refractivity contribution in [2.24, 2.45) is 7.05 Å². The quantitative estimate of drug-likeness (QED) is 0.831. The number of rotatable bonds is 4. The Labute approximate surface area is 161 Å². The van der Waals surface area contributed by atoms with Gasteiger partial charge in [-0.2, -0.15) is 5.10 Å². The monoisotopic (exact) mass is 387 g/mol. The number of fused-ring (bicyclic) bond motifs is 1. The number of carboxylic acid groups (broad SMARTS) is 1. The van der Waals surface area contributed by atoms with Crippen LogP contribution in [-0.4, -0.2) is 63.9 Å². The number of nitrogens with one attached hydrogen (secondary N) is 1. The molecule has 0 radical (unpaired) electrons. The maximum Gasteiger partial charge on any atom is 0.339 e. The third kappa shape index (κ3) is 3.45. The lowest BCUT2D eigenvalue weighted by molar-refractivity contribution is 0.0692. The van der Waals surface area contributed by atoms with Gasteiger partial charge in [-0.1, -0.05) is 0 Å². The van der Waals surface area contributed by atoms with Crippen LogP contribution in [-0.2, 0) is 7.05 Å². The van der Waals surface area contributed by atoms with Crippen molar-refractivity contribution >= 4 is 23.3 Å². The Morgan fingerprint density at radius 3 is 2.86 bits per heavy atom. The average molecular weight is 387 g/mol. The summed E-state index contributed by atoms with van der Waals surface area (Å²) in [6.45, 7) is 3.63. The number of carbonyl (C=O) groups excluding carboxylic acids is 1. The standard InChI is InChI=1S/C19H22FN5O3/c1-23-11-14(19(27)28)17(22-23)18(26)21-12-4-5-16(15(20)9-12)25-8-7-24-6-2-3-13(24)10-25/h4-5,9,11,13H,2-3,6-8,10H2,1H3,(H,21,26)(H,27,28). The predicted molar refractivity (Wildman–Crippen MR) is 101 cm³/mol. The van der Waals surface area contributed by atoms with E-state index in [1.54, 1.807) is 12.1 Å². The molecule has 0 spiro atoms. The van der Waals surface area contributed by atoms with Crippen LogP contribution in [0.1, 0.15) is 33.7 Å². The zero-order valence-corrected chi connectivity index (χ0v) is 15.6. The molecule has 1 atom stereocenters. The van der Waals surface area contributed by atoms with Crippen molar-refractivity contribution in [1.29, 1.82) is 0 Å². The molecular weight excluding hydrogens is 365 g/mol. The molecule has 1 amide bonds. The number of hydrogen-bond acceptors (Lipinski definition) is 5. The highest BCUT2D eigenvalue weighted by Crippen LogP contribution is 2.28. The second kappa shape index (κ2) is 7.23. The summed E-state index contributed by atoms with van der Waals surface area (Å²) in [6.07, 6.45) is 3.59. The fourth-order valence-corrected chi connectivity index (χ4v) is 4.05. The van der Waals surface area contributed by atoms with Crippen LogP contribution >= 0.6 is 0 Å². The van der Waals surface area contributed by atoms with Gasteiger partial charge in [-0.25, -0.2) is 9.18 Å². The Bertz CT molecular complexity index is 928. The van der Waals surface area contributed by atoms with E-state index in [1.807, 2.05) is 0 Å². The van der Waals surface area contributed by atoms with Crippen LogP contribution in [0.25, 0.3) is 0 Å². The largest absolute Gasteiger partial charge is 0.478 e. The first-order valence-corrected chi connectivity index (χ1v) is 9.29. The second-order valence-electron chi connectivity index (χ2n) is 7.27. The Morgan fingerprint density at radius 1 is 1.29 bits per heavy atom. The lowest BCUT2D eigenvalue weighted by Gasteiger charge is -2.39. The van der Waals surface area contributed by atoms with Gasteiger partial charge in [0.2, 0.25) is 0 Å². The first kappa shape index (κ1) is 18.4. The molecule has 28 heavy (non-hydrogen) atoms. The molecule has 2 aromatic rings. The fraction of sp³-hybridized carbons (Fsp3) is 0.421. The summed E-state index contributed by atoms with van der Waals surface area (Å²) in [5.41, 5.74) is 0.365. The first-order chi connectivity index (χ1) is 13.4. The number of aryl methyl sites for hydroxylation is 1. The van der Waals surface area contributed by atoms with Crippen molar-refractivity contribution in [2.45, 2.75) is 18.9 Å². The average Bonchev–Trinajstić information content (AvgIpc) is 3.27. The highest BCUT2D eigenvalue weighted by atomic mass is 19.1. The summed E-state index contributed by atoms with van der Waals surface area (Å²) < 4.78 is 16.0. The van der Waals surface area contributed by atoms with E-state index in [9.17, 15) is 19.1 Å². The molecule has 2 aliphatic rings. The predicted octanol–water partition coefficient (Wildman–Crippen LogP) is 1.79. The van der Waals surface area contributed by atoms with E-state index in [0.717, 1.165) is 32.6 Å². The zero-order valence-electron chi connectivity index (χ0n) is 15.6. The molecule has 0 aliphatic carbocycles. The number of benzene rings is 1. The molecule has 2 fully saturated rings. The number of carbonyl (C=O) groups is 2. The third-order valence-electron chi connectivity index (χ3n) is 5.41. The Morgan fingerprint density at radius 2 is 2.11 bits per heavy atom. The minimum atomic E-state index is -1.24. The minimum Gasteiger partial charge on any atom is -0.478 e. The molecule has 1 aromatic carbocycles. The first-order valence-electron chi connectivity index (χ1n) is 9.29. The van der Waals surface area contributed by atoms with Gasteiger partial charge in [0.25, 0.3) is 5.91 Å². The number of anilines is 2. The molecule has 2 N–H and O–H groups in total. The number of aromatic nitrogens is 2. The fourth-order valence-electron chi connectivity index (χ4n) is 4.05. The summed E-state index contributed by atoms with van der Waals surface area (Å²) in [5, 5.41) is 15.6. The van der Waals surface area contributed by atoms with Crippen LogP contribution in [0.2, 0.25) is 0 Å². The SMILES string of the molecule is Cn1cc(C(=O)O)c(C(=O)Nc2ccc(N3CCN4CCCC4C3)c(F)c2)n1. The van der Waals surface area contributed by atoms with Crippen LogP contribution in [0, 0.1) is 5.82 Å². The molecule has 148 valence electrons. The van der Waals surface area contributed by atoms with Crippen LogP contribution in [0.15, 0.2) is 24.4 Å². The number of carboxylic acids is 1. The smallest absolute Gasteiger partial charge is 0.339 e. The van der Waals surface area contributed by atoms with Crippen molar-refractivity contribution in [3.8, 4) is 0 Å². The summed E-state index contributed by atoms with van der Waals surface area (Å²) in [5.74, 6) is -2.35. The van der Waals surface area contributed by atoms with E-state index in [-0.39, 0.29) is 16.9 Å². The molecule has 0 bridgehead atoms. The molecule has 8 nitrogen and oxygen atoms in total. The molecular formula is C19H22FN5O3.